The van der Waals surface area contributed by atoms with Gasteiger partial charge in [0.15, 0.2) is 11.0 Å². The van der Waals surface area contributed by atoms with Crippen LogP contribution in [-0.2, 0) is 22.6 Å². The highest BCUT2D eigenvalue weighted by Crippen LogP contribution is 2.42. The average molecular weight is 367 g/mol. The molecule has 0 bridgehead atoms. The summed E-state index contributed by atoms with van der Waals surface area (Å²) < 4.78 is 6.05. The Labute approximate surface area is 149 Å². The lowest BCUT2D eigenvalue weighted by atomic mass is 9.90. The van der Waals surface area contributed by atoms with Gasteiger partial charge in [-0.15, -0.1) is 11.3 Å². The van der Waals surface area contributed by atoms with E-state index in [9.17, 15) is 4.79 Å². The van der Waals surface area contributed by atoms with Crippen LogP contribution < -0.4 is 10.9 Å². The van der Waals surface area contributed by atoms with Crippen LogP contribution in [0.2, 0.25) is 0 Å². The molecule has 8 heteroatoms. The standard InChI is InChI=1S/C16H22N4O2S2/c1-5-11(21)19-20-13-12-9-7-16(3,6-2)22-8-10(9)24-14(12)18-15(17-13)23-4/h5-8H2,1-4H3,(H,19,21)(H,17,18,20)/t16-/m0/s1. The summed E-state index contributed by atoms with van der Waals surface area (Å²) in [6.07, 6.45) is 4.14. The van der Waals surface area contributed by atoms with Crippen molar-refractivity contribution in [2.45, 2.75) is 57.4 Å². The molecule has 2 aromatic rings. The van der Waals surface area contributed by atoms with Gasteiger partial charge in [-0.2, -0.15) is 0 Å². The Morgan fingerprint density at radius 2 is 2.21 bits per heavy atom. The van der Waals surface area contributed by atoms with E-state index in [0.29, 0.717) is 24.0 Å². The van der Waals surface area contributed by atoms with Gasteiger partial charge < -0.3 is 4.74 Å². The van der Waals surface area contributed by atoms with Crippen molar-refractivity contribution < 1.29 is 9.53 Å². The van der Waals surface area contributed by atoms with Crippen LogP contribution in [0.5, 0.6) is 0 Å². The zero-order valence-corrected chi connectivity index (χ0v) is 16.0. The minimum atomic E-state index is -0.164. The first-order chi connectivity index (χ1) is 11.5. The minimum absolute atomic E-state index is 0.0710. The number of aromatic nitrogens is 2. The molecule has 24 heavy (non-hydrogen) atoms. The third-order valence-corrected chi connectivity index (χ3v) is 6.04. The molecule has 0 aromatic carbocycles. The van der Waals surface area contributed by atoms with E-state index in [2.05, 4.69) is 34.7 Å². The second-order valence-corrected chi connectivity index (χ2v) is 7.90. The Bertz CT molecular complexity index is 777. The summed E-state index contributed by atoms with van der Waals surface area (Å²) in [5, 5.41) is 1.70. The molecule has 6 nitrogen and oxygen atoms in total. The smallest absolute Gasteiger partial charge is 0.238 e. The maximum atomic E-state index is 11.6. The van der Waals surface area contributed by atoms with E-state index in [0.717, 1.165) is 23.1 Å². The molecule has 1 aliphatic heterocycles. The number of thiophene rings is 1. The summed E-state index contributed by atoms with van der Waals surface area (Å²) in [5.74, 6) is 0.599. The molecule has 1 atom stereocenters. The van der Waals surface area contributed by atoms with Gasteiger partial charge in [0.1, 0.15) is 4.83 Å². The van der Waals surface area contributed by atoms with Crippen molar-refractivity contribution >= 4 is 45.0 Å². The molecule has 2 N–H and O–H groups in total. The quantitative estimate of drug-likeness (QED) is 0.479. The Balaban J connectivity index is 2.08. The van der Waals surface area contributed by atoms with Gasteiger partial charge in [0.25, 0.3) is 0 Å². The van der Waals surface area contributed by atoms with Crippen LogP contribution in [0.3, 0.4) is 0 Å². The normalized spacial score (nSPS) is 20.0. The molecule has 3 heterocycles. The number of thioether (sulfide) groups is 1. The molecule has 0 fully saturated rings. The number of carbonyl (C=O) groups is 1. The third kappa shape index (κ3) is 3.22. The van der Waals surface area contributed by atoms with Gasteiger partial charge in [-0.05, 0) is 25.2 Å². The highest BCUT2D eigenvalue weighted by molar-refractivity contribution is 7.98. The van der Waals surface area contributed by atoms with Gasteiger partial charge in [-0.3, -0.25) is 15.6 Å². The fourth-order valence-corrected chi connectivity index (χ4v) is 4.20. The van der Waals surface area contributed by atoms with Crippen molar-refractivity contribution in [2.75, 3.05) is 11.7 Å². The highest BCUT2D eigenvalue weighted by Gasteiger charge is 2.33. The van der Waals surface area contributed by atoms with Crippen LogP contribution in [0.25, 0.3) is 10.2 Å². The zero-order chi connectivity index (χ0) is 17.3. The molecular formula is C16H22N4O2S2. The first-order valence-corrected chi connectivity index (χ1v) is 10.1. The summed E-state index contributed by atoms with van der Waals surface area (Å²) in [5.41, 5.74) is 6.78. The van der Waals surface area contributed by atoms with Crippen LogP contribution in [0.4, 0.5) is 5.82 Å². The predicted octanol–water partition coefficient (Wildman–Crippen LogP) is 3.51. The average Bonchev–Trinajstić information content (AvgIpc) is 2.96. The number of carbonyl (C=O) groups excluding carboxylic acids is 1. The number of anilines is 1. The van der Waals surface area contributed by atoms with Crippen molar-refractivity contribution in [3.8, 4) is 0 Å². The lowest BCUT2D eigenvalue weighted by Gasteiger charge is -2.33. The number of rotatable bonds is 5. The van der Waals surface area contributed by atoms with Gasteiger partial charge in [0, 0.05) is 17.7 Å². The molecule has 0 aliphatic carbocycles. The maximum absolute atomic E-state index is 11.6. The van der Waals surface area contributed by atoms with Crippen LogP contribution in [0.1, 0.15) is 44.1 Å². The predicted molar refractivity (Wildman–Crippen MR) is 98.4 cm³/mol. The summed E-state index contributed by atoms with van der Waals surface area (Å²) >= 11 is 3.14. The number of fused-ring (bicyclic) bond motifs is 3. The summed E-state index contributed by atoms with van der Waals surface area (Å²) in [6.45, 7) is 6.71. The maximum Gasteiger partial charge on any atom is 0.238 e. The summed E-state index contributed by atoms with van der Waals surface area (Å²) in [4.78, 5) is 23.0. The molecule has 0 radical (unpaired) electrons. The zero-order valence-electron chi connectivity index (χ0n) is 14.4. The van der Waals surface area contributed by atoms with Crippen molar-refractivity contribution in [3.63, 3.8) is 0 Å². The molecular weight excluding hydrogens is 344 g/mol. The van der Waals surface area contributed by atoms with Crippen LogP contribution >= 0.6 is 23.1 Å². The molecule has 0 saturated heterocycles. The van der Waals surface area contributed by atoms with Gasteiger partial charge >= 0.3 is 0 Å². The number of nitrogens with zero attached hydrogens (tertiary/aromatic N) is 2. The highest BCUT2D eigenvalue weighted by atomic mass is 32.2. The Morgan fingerprint density at radius 3 is 2.88 bits per heavy atom. The molecule has 2 aromatic heterocycles. The van der Waals surface area contributed by atoms with E-state index in [1.165, 1.54) is 22.2 Å². The second kappa shape index (κ2) is 6.85. The van der Waals surface area contributed by atoms with Gasteiger partial charge in [0.2, 0.25) is 5.91 Å². The molecule has 0 unspecified atom stereocenters. The van der Waals surface area contributed by atoms with Gasteiger partial charge in [-0.25, -0.2) is 9.97 Å². The molecule has 0 spiro atoms. The van der Waals surface area contributed by atoms with Crippen molar-refractivity contribution in [1.82, 2.24) is 15.4 Å². The van der Waals surface area contributed by atoms with Crippen molar-refractivity contribution in [1.29, 1.82) is 0 Å². The van der Waals surface area contributed by atoms with E-state index in [1.807, 2.05) is 13.2 Å². The van der Waals surface area contributed by atoms with Gasteiger partial charge in [-0.1, -0.05) is 25.6 Å². The fraction of sp³-hybridized carbons (Fsp3) is 0.562. The molecule has 3 rings (SSSR count). The Morgan fingerprint density at radius 1 is 1.42 bits per heavy atom. The third-order valence-electron chi connectivity index (χ3n) is 4.39. The molecule has 1 amide bonds. The second-order valence-electron chi connectivity index (χ2n) is 6.04. The summed E-state index contributed by atoms with van der Waals surface area (Å²) in [6, 6.07) is 0. The van der Waals surface area contributed by atoms with Crippen LogP contribution in [-0.4, -0.2) is 27.7 Å². The number of hydrogen-bond donors (Lipinski definition) is 2. The van der Waals surface area contributed by atoms with E-state index < -0.39 is 0 Å². The van der Waals surface area contributed by atoms with Crippen molar-refractivity contribution in [3.05, 3.63) is 10.4 Å². The summed E-state index contributed by atoms with van der Waals surface area (Å²) in [7, 11) is 0. The minimum Gasteiger partial charge on any atom is -0.369 e. The van der Waals surface area contributed by atoms with Crippen LogP contribution in [0.15, 0.2) is 5.16 Å². The number of amides is 1. The molecule has 130 valence electrons. The van der Waals surface area contributed by atoms with E-state index >= 15 is 0 Å². The van der Waals surface area contributed by atoms with Gasteiger partial charge in [0.05, 0.1) is 17.6 Å². The Hall–Kier alpha value is -1.38. The van der Waals surface area contributed by atoms with Crippen molar-refractivity contribution in [2.24, 2.45) is 0 Å². The van der Waals surface area contributed by atoms with E-state index in [-0.39, 0.29) is 11.5 Å². The lowest BCUT2D eigenvalue weighted by Crippen LogP contribution is -2.34. The first-order valence-electron chi connectivity index (χ1n) is 8.04. The van der Waals surface area contributed by atoms with E-state index in [4.69, 9.17) is 4.74 Å². The largest absolute Gasteiger partial charge is 0.369 e. The molecule has 0 saturated carbocycles. The number of hydrazine groups is 1. The SMILES string of the molecule is CCC(=O)NNc1nc(SC)nc2sc3c(c12)C[C@](C)(CC)OC3. The van der Waals surface area contributed by atoms with Crippen LogP contribution in [0, 0.1) is 0 Å². The fourth-order valence-electron chi connectivity index (χ4n) is 2.68. The monoisotopic (exact) mass is 366 g/mol. The lowest BCUT2D eigenvalue weighted by molar-refractivity contribution is -0.120. The number of hydrogen-bond acceptors (Lipinski definition) is 7. The first kappa shape index (κ1) is 17.4. The van der Waals surface area contributed by atoms with E-state index in [1.54, 1.807) is 11.3 Å². The molecule has 1 aliphatic rings. The Kier molecular flexibility index (Phi) is 4.98. The topological polar surface area (TPSA) is 76.1 Å². The number of nitrogens with one attached hydrogen (secondary N) is 2. The number of ether oxygens (including phenoxy) is 1.